The average Bonchev–Trinajstić information content (AvgIpc) is 2.96. The van der Waals surface area contributed by atoms with Crippen molar-refractivity contribution in [3.05, 3.63) is 59.2 Å². The number of piperidine rings is 1. The highest BCUT2D eigenvalue weighted by atomic mass is 16.5. The van der Waals surface area contributed by atoms with Crippen molar-refractivity contribution in [2.24, 2.45) is 11.8 Å². The molecule has 0 bridgehead atoms. The first-order chi connectivity index (χ1) is 17.8. The van der Waals surface area contributed by atoms with Crippen LogP contribution in [0.25, 0.3) is 0 Å². The Morgan fingerprint density at radius 3 is 2.61 bits per heavy atom. The number of methoxy groups -OCH3 is 2. The molecule has 0 radical (unpaired) electrons. The number of fused-ring (bicyclic) bond motifs is 1. The summed E-state index contributed by atoms with van der Waals surface area (Å²) in [5.41, 5.74) is -0.00852. The molecule has 148 valence electrons. The molecule has 2 aliphatic rings. The summed E-state index contributed by atoms with van der Waals surface area (Å²) in [6.45, 7) is -1.02. The average molecular weight is 391 g/mol. The zero-order valence-corrected chi connectivity index (χ0v) is 15.3. The minimum Gasteiger partial charge on any atom is -0.493 e. The fourth-order valence-electron chi connectivity index (χ4n) is 3.77. The van der Waals surface area contributed by atoms with Gasteiger partial charge in [-0.2, -0.15) is 0 Å². The molecule has 1 aliphatic carbocycles. The predicted octanol–water partition coefficient (Wildman–Crippen LogP) is 4.36. The smallest absolute Gasteiger partial charge is 0.166 e. The highest BCUT2D eigenvalue weighted by molar-refractivity contribution is 6.02. The van der Waals surface area contributed by atoms with E-state index in [1.54, 1.807) is 35.2 Å². The SMILES string of the molecule is [2H]C([2H])([2H])Oc1cc2c(cc1OC([2H])([2H])[2H])C([2H])([2H])C([2H])(CC1CCN(C([2H])([2H])c3ccccc3)CC1)C2=O. The minimum absolute atomic E-state index is 0.152. The zero-order valence-electron chi connectivity index (χ0n) is 26.3. The third-order valence-electron chi connectivity index (χ3n) is 5.28. The topological polar surface area (TPSA) is 38.8 Å². The molecular formula is C24H29NO3. The normalized spacial score (nSPS) is 31.9. The maximum absolute atomic E-state index is 13.5. The van der Waals surface area contributed by atoms with Crippen molar-refractivity contribution < 1.29 is 29.3 Å². The largest absolute Gasteiger partial charge is 0.493 e. The van der Waals surface area contributed by atoms with E-state index < -0.39 is 50.1 Å². The Kier molecular flexibility index (Phi) is 2.96. The van der Waals surface area contributed by atoms with Gasteiger partial charge >= 0.3 is 0 Å². The van der Waals surface area contributed by atoms with Crippen molar-refractivity contribution in [1.82, 2.24) is 4.90 Å². The molecule has 0 spiro atoms. The molecule has 1 heterocycles. The standard InChI is InChI=1S/C24H29NO3/c1-27-22-14-19-13-20(24(26)21(19)15-23(22)28-2)12-17-8-10-25(11-9-17)16-18-6-4-3-5-7-18/h3-7,14-15,17,20H,8-13,16H2,1-2H3/i1D3,2D3,13D2,16D2,20D. The lowest BCUT2D eigenvalue weighted by molar-refractivity contribution is 0.0895. The van der Waals surface area contributed by atoms with Gasteiger partial charge in [0.25, 0.3) is 0 Å². The fraction of sp³-hybridized carbons (Fsp3) is 0.458. The van der Waals surface area contributed by atoms with E-state index in [9.17, 15) is 4.79 Å². The molecule has 2 aromatic carbocycles. The third kappa shape index (κ3) is 3.93. The first-order valence-corrected chi connectivity index (χ1v) is 9.27. The number of likely N-dealkylation sites (tertiary alicyclic amines) is 1. The van der Waals surface area contributed by atoms with Gasteiger partial charge in [0.1, 0.15) is 0 Å². The summed E-state index contributed by atoms with van der Waals surface area (Å²) in [5, 5.41) is 0. The maximum Gasteiger partial charge on any atom is 0.166 e. The summed E-state index contributed by atoms with van der Waals surface area (Å²) >= 11 is 0. The molecule has 1 unspecified atom stereocenters. The van der Waals surface area contributed by atoms with Gasteiger partial charge in [0.05, 0.1) is 22.3 Å². The quantitative estimate of drug-likeness (QED) is 0.735. The Hall–Kier alpha value is -2.33. The summed E-state index contributed by atoms with van der Waals surface area (Å²) in [7, 11) is -6.01. The van der Waals surface area contributed by atoms with E-state index >= 15 is 0 Å². The lowest BCUT2D eigenvalue weighted by atomic mass is 9.85. The first kappa shape index (κ1) is 9.93. The Balaban J connectivity index is 1.58. The van der Waals surface area contributed by atoms with Gasteiger partial charge < -0.3 is 9.47 Å². The molecule has 4 heteroatoms. The minimum atomic E-state index is -3.01. The van der Waals surface area contributed by atoms with Crippen LogP contribution in [-0.4, -0.2) is 37.8 Å². The van der Waals surface area contributed by atoms with E-state index in [1.165, 1.54) is 0 Å². The Bertz CT molecular complexity index is 1220. The molecule has 1 fully saturated rings. The summed E-state index contributed by atoms with van der Waals surface area (Å²) < 4.78 is 97.6. The lowest BCUT2D eigenvalue weighted by Crippen LogP contribution is -2.34. The first-order valence-electron chi connectivity index (χ1n) is 14.8. The number of ether oxygens (including phenoxy) is 2. The fourth-order valence-corrected chi connectivity index (χ4v) is 3.77. The van der Waals surface area contributed by atoms with Gasteiger partial charge in [0.2, 0.25) is 0 Å². The second-order valence-electron chi connectivity index (χ2n) is 7.09. The van der Waals surface area contributed by atoms with Gasteiger partial charge in [0, 0.05) is 24.8 Å². The van der Waals surface area contributed by atoms with Crippen LogP contribution in [0.15, 0.2) is 42.5 Å². The van der Waals surface area contributed by atoms with Crippen LogP contribution in [-0.2, 0) is 12.9 Å². The van der Waals surface area contributed by atoms with Crippen molar-refractivity contribution in [1.29, 1.82) is 0 Å². The van der Waals surface area contributed by atoms with Crippen molar-refractivity contribution in [3.63, 3.8) is 0 Å². The summed E-state index contributed by atoms with van der Waals surface area (Å²) in [6, 6.07) is 10.6. The number of carbonyl (C=O) groups is 1. The number of hydrogen-bond donors (Lipinski definition) is 0. The molecule has 0 saturated carbocycles. The van der Waals surface area contributed by atoms with Crippen LogP contribution in [0.5, 0.6) is 11.5 Å². The van der Waals surface area contributed by atoms with E-state index in [0.29, 0.717) is 31.5 Å². The van der Waals surface area contributed by atoms with Crippen molar-refractivity contribution in [2.45, 2.75) is 32.1 Å². The van der Waals surface area contributed by atoms with Gasteiger partial charge in [-0.05, 0) is 67.9 Å². The van der Waals surface area contributed by atoms with E-state index in [1.807, 2.05) is 0 Å². The van der Waals surface area contributed by atoms with Crippen LogP contribution in [0.2, 0.25) is 0 Å². The van der Waals surface area contributed by atoms with Crippen LogP contribution in [0.3, 0.4) is 0 Å². The molecule has 0 aromatic heterocycles. The van der Waals surface area contributed by atoms with E-state index in [-0.39, 0.29) is 23.5 Å². The number of benzene rings is 2. The zero-order chi connectivity index (χ0) is 29.0. The van der Waals surface area contributed by atoms with Crippen LogP contribution in [0, 0.1) is 11.8 Å². The van der Waals surface area contributed by atoms with Gasteiger partial charge in [-0.3, -0.25) is 9.69 Å². The van der Waals surface area contributed by atoms with E-state index in [4.69, 9.17) is 24.6 Å². The number of ketones is 1. The summed E-state index contributed by atoms with van der Waals surface area (Å²) in [5.74, 6) is -4.51. The number of carbonyl (C=O) groups excluding carboxylic acids is 1. The van der Waals surface area contributed by atoms with E-state index in [2.05, 4.69) is 0 Å². The van der Waals surface area contributed by atoms with E-state index in [0.717, 1.165) is 12.1 Å². The number of hydrogen-bond acceptors (Lipinski definition) is 4. The second-order valence-corrected chi connectivity index (χ2v) is 7.09. The van der Waals surface area contributed by atoms with Gasteiger partial charge in [0.15, 0.2) is 17.3 Å². The van der Waals surface area contributed by atoms with Crippen LogP contribution >= 0.6 is 0 Å². The van der Waals surface area contributed by atoms with Crippen LogP contribution < -0.4 is 9.47 Å². The molecule has 0 amide bonds. The van der Waals surface area contributed by atoms with Gasteiger partial charge in [-0.25, -0.2) is 0 Å². The summed E-state index contributed by atoms with van der Waals surface area (Å²) in [4.78, 5) is 15.2. The molecule has 0 N–H and O–H groups in total. The molecule has 2 aromatic rings. The molecule has 4 rings (SSSR count). The van der Waals surface area contributed by atoms with Crippen molar-refractivity contribution >= 4 is 5.78 Å². The van der Waals surface area contributed by atoms with Crippen molar-refractivity contribution in [2.75, 3.05) is 27.2 Å². The molecule has 1 atom stereocenters. The highest BCUT2D eigenvalue weighted by Gasteiger charge is 2.34. The Morgan fingerprint density at radius 2 is 1.89 bits per heavy atom. The monoisotopic (exact) mass is 390 g/mol. The second kappa shape index (κ2) is 8.36. The van der Waals surface area contributed by atoms with Crippen molar-refractivity contribution in [3.8, 4) is 11.5 Å². The van der Waals surface area contributed by atoms with Crippen LogP contribution in [0.4, 0.5) is 0 Å². The van der Waals surface area contributed by atoms with Gasteiger partial charge in [-0.15, -0.1) is 0 Å². The maximum atomic E-state index is 13.5. The molecule has 28 heavy (non-hydrogen) atoms. The lowest BCUT2D eigenvalue weighted by Gasteiger charge is -2.32. The number of rotatable bonds is 6. The molecular weight excluding hydrogens is 350 g/mol. The van der Waals surface area contributed by atoms with Gasteiger partial charge in [-0.1, -0.05) is 30.3 Å². The number of Topliss-reactive ketones (excluding diaryl/α,β-unsaturated/α-hetero) is 1. The highest BCUT2D eigenvalue weighted by Crippen LogP contribution is 2.39. The summed E-state index contributed by atoms with van der Waals surface area (Å²) in [6.07, 6.45) is -1.82. The molecule has 1 saturated heterocycles. The Morgan fingerprint density at radius 1 is 1.18 bits per heavy atom. The third-order valence-corrected chi connectivity index (χ3v) is 5.28. The molecule has 1 aliphatic heterocycles. The molecule has 4 nitrogen and oxygen atoms in total. The Labute approximate surface area is 182 Å². The number of nitrogens with zero attached hydrogens (tertiary/aromatic N) is 1. The predicted molar refractivity (Wildman–Crippen MR) is 110 cm³/mol. The van der Waals surface area contributed by atoms with Crippen LogP contribution in [0.1, 0.15) is 55.8 Å².